The zero-order chi connectivity index (χ0) is 12.3. The van der Waals surface area contributed by atoms with Crippen LogP contribution >= 0.6 is 11.3 Å². The van der Waals surface area contributed by atoms with Crippen LogP contribution in [-0.4, -0.2) is 23.9 Å². The second-order valence-electron chi connectivity index (χ2n) is 3.64. The van der Waals surface area contributed by atoms with E-state index in [4.69, 9.17) is 5.11 Å². The maximum atomic E-state index is 12.0. The first-order valence-electron chi connectivity index (χ1n) is 4.85. The normalized spacial score (nSPS) is 16.1. The molecule has 1 rings (SSSR count). The standard InChI is InChI=1S/C10H14F3NOS/c1-6-3-4-8(16-6)7(2)14-5-9(15)10(11,12)13/h3-4,7,9,14-15H,5H2,1-2H3. The van der Waals surface area contributed by atoms with Gasteiger partial charge in [-0.15, -0.1) is 11.3 Å². The average molecular weight is 253 g/mol. The first-order valence-corrected chi connectivity index (χ1v) is 5.67. The summed E-state index contributed by atoms with van der Waals surface area (Å²) in [5.74, 6) is 0. The van der Waals surface area contributed by atoms with Crippen molar-refractivity contribution in [3.8, 4) is 0 Å². The fraction of sp³-hybridized carbons (Fsp3) is 0.600. The summed E-state index contributed by atoms with van der Waals surface area (Å²) >= 11 is 1.53. The number of hydrogen-bond donors (Lipinski definition) is 2. The fourth-order valence-corrected chi connectivity index (χ4v) is 2.09. The lowest BCUT2D eigenvalue weighted by atomic mass is 10.2. The molecule has 0 fully saturated rings. The predicted octanol–water partition coefficient (Wildman–Crippen LogP) is 2.63. The van der Waals surface area contributed by atoms with Crippen molar-refractivity contribution < 1.29 is 18.3 Å². The molecular formula is C10H14F3NOS. The maximum absolute atomic E-state index is 12.0. The number of halogens is 3. The van der Waals surface area contributed by atoms with Gasteiger partial charge in [0, 0.05) is 22.3 Å². The highest BCUT2D eigenvalue weighted by atomic mass is 32.1. The summed E-state index contributed by atoms with van der Waals surface area (Å²) in [7, 11) is 0. The zero-order valence-electron chi connectivity index (χ0n) is 9.01. The molecule has 0 spiro atoms. The Morgan fingerprint density at radius 1 is 1.44 bits per heavy atom. The minimum Gasteiger partial charge on any atom is -0.382 e. The van der Waals surface area contributed by atoms with Gasteiger partial charge in [0.2, 0.25) is 0 Å². The lowest BCUT2D eigenvalue weighted by Crippen LogP contribution is -2.39. The summed E-state index contributed by atoms with van der Waals surface area (Å²) in [4.78, 5) is 2.08. The van der Waals surface area contributed by atoms with Crippen LogP contribution in [0.1, 0.15) is 22.7 Å². The number of hydrogen-bond acceptors (Lipinski definition) is 3. The van der Waals surface area contributed by atoms with Crippen LogP contribution in [0.25, 0.3) is 0 Å². The highest BCUT2D eigenvalue weighted by Gasteiger charge is 2.37. The average Bonchev–Trinajstić information content (AvgIpc) is 2.59. The van der Waals surface area contributed by atoms with Crippen LogP contribution in [0.15, 0.2) is 12.1 Å². The highest BCUT2D eigenvalue weighted by molar-refractivity contribution is 7.12. The van der Waals surface area contributed by atoms with Crippen molar-refractivity contribution in [2.75, 3.05) is 6.54 Å². The molecule has 1 aromatic heterocycles. The van der Waals surface area contributed by atoms with Gasteiger partial charge in [0.15, 0.2) is 6.10 Å². The van der Waals surface area contributed by atoms with Crippen molar-refractivity contribution in [2.24, 2.45) is 0 Å². The Kier molecular flexibility index (Phi) is 4.35. The predicted molar refractivity (Wildman–Crippen MR) is 57.5 cm³/mol. The second kappa shape index (κ2) is 5.16. The summed E-state index contributed by atoms with van der Waals surface area (Å²) in [6.07, 6.45) is -6.87. The molecular weight excluding hydrogens is 239 g/mol. The van der Waals surface area contributed by atoms with Crippen molar-refractivity contribution in [2.45, 2.75) is 32.2 Å². The third-order valence-corrected chi connectivity index (χ3v) is 3.37. The summed E-state index contributed by atoms with van der Waals surface area (Å²) in [5, 5.41) is 11.5. The number of nitrogens with one attached hydrogen (secondary N) is 1. The molecule has 1 heterocycles. The number of thiophene rings is 1. The van der Waals surface area contributed by atoms with Crippen molar-refractivity contribution in [1.82, 2.24) is 5.32 Å². The molecule has 0 saturated heterocycles. The molecule has 0 saturated carbocycles. The molecule has 2 atom stereocenters. The first kappa shape index (κ1) is 13.5. The van der Waals surface area contributed by atoms with Gasteiger partial charge in [0.1, 0.15) is 0 Å². The van der Waals surface area contributed by atoms with E-state index in [0.717, 1.165) is 9.75 Å². The van der Waals surface area contributed by atoms with Gasteiger partial charge in [-0.2, -0.15) is 13.2 Å². The Bertz CT molecular complexity index is 337. The van der Waals surface area contributed by atoms with Crippen LogP contribution in [0.5, 0.6) is 0 Å². The molecule has 16 heavy (non-hydrogen) atoms. The van der Waals surface area contributed by atoms with E-state index in [1.54, 1.807) is 6.92 Å². The Hall–Kier alpha value is -0.590. The number of rotatable bonds is 4. The molecule has 1 aromatic rings. The summed E-state index contributed by atoms with van der Waals surface area (Å²) < 4.78 is 36.1. The smallest absolute Gasteiger partial charge is 0.382 e. The minimum atomic E-state index is -4.56. The number of aliphatic hydroxyl groups is 1. The van der Waals surface area contributed by atoms with E-state index in [1.165, 1.54) is 11.3 Å². The zero-order valence-corrected chi connectivity index (χ0v) is 9.82. The van der Waals surface area contributed by atoms with Crippen molar-refractivity contribution in [1.29, 1.82) is 0 Å². The summed E-state index contributed by atoms with van der Waals surface area (Å²) in [5.41, 5.74) is 0. The van der Waals surface area contributed by atoms with E-state index in [9.17, 15) is 13.2 Å². The molecule has 2 nitrogen and oxygen atoms in total. The topological polar surface area (TPSA) is 32.3 Å². The van der Waals surface area contributed by atoms with E-state index in [2.05, 4.69) is 5.32 Å². The Balaban J connectivity index is 2.44. The number of aryl methyl sites for hydroxylation is 1. The second-order valence-corrected chi connectivity index (χ2v) is 4.96. The van der Waals surface area contributed by atoms with Gasteiger partial charge in [-0.05, 0) is 26.0 Å². The first-order chi connectivity index (χ1) is 7.30. The lowest BCUT2D eigenvalue weighted by molar-refractivity contribution is -0.202. The van der Waals surface area contributed by atoms with Crippen LogP contribution in [0.4, 0.5) is 13.2 Å². The van der Waals surface area contributed by atoms with Crippen LogP contribution in [0, 0.1) is 6.92 Å². The molecule has 0 aliphatic rings. The van der Waals surface area contributed by atoms with Crippen molar-refractivity contribution >= 4 is 11.3 Å². The maximum Gasteiger partial charge on any atom is 0.415 e. The molecule has 6 heteroatoms. The lowest BCUT2D eigenvalue weighted by Gasteiger charge is -2.18. The third-order valence-electron chi connectivity index (χ3n) is 2.18. The Labute approximate surface area is 96.1 Å². The van der Waals surface area contributed by atoms with Gasteiger partial charge in [0.05, 0.1) is 0 Å². The summed E-state index contributed by atoms with van der Waals surface area (Å²) in [6.45, 7) is 3.22. The van der Waals surface area contributed by atoms with E-state index >= 15 is 0 Å². The molecule has 0 aliphatic heterocycles. The van der Waals surface area contributed by atoms with Gasteiger partial charge in [-0.25, -0.2) is 0 Å². The molecule has 0 aromatic carbocycles. The van der Waals surface area contributed by atoms with Gasteiger partial charge >= 0.3 is 6.18 Å². The molecule has 2 N–H and O–H groups in total. The fourth-order valence-electron chi connectivity index (χ4n) is 1.19. The van der Waals surface area contributed by atoms with E-state index in [0.29, 0.717) is 0 Å². The SMILES string of the molecule is Cc1ccc(C(C)NCC(O)C(F)(F)F)s1. The van der Waals surface area contributed by atoms with Gasteiger partial charge in [-0.1, -0.05) is 0 Å². The van der Waals surface area contributed by atoms with Gasteiger partial charge in [0.25, 0.3) is 0 Å². The monoisotopic (exact) mass is 253 g/mol. The van der Waals surface area contributed by atoms with Crippen molar-refractivity contribution in [3.63, 3.8) is 0 Å². The number of aliphatic hydroxyl groups excluding tert-OH is 1. The van der Waals surface area contributed by atoms with Crippen LogP contribution in [0.3, 0.4) is 0 Å². The minimum absolute atomic E-state index is 0.185. The molecule has 0 radical (unpaired) electrons. The molecule has 0 bridgehead atoms. The van der Waals surface area contributed by atoms with E-state index in [-0.39, 0.29) is 6.04 Å². The van der Waals surface area contributed by atoms with E-state index < -0.39 is 18.8 Å². The van der Waals surface area contributed by atoms with Crippen LogP contribution in [-0.2, 0) is 0 Å². The van der Waals surface area contributed by atoms with Crippen molar-refractivity contribution in [3.05, 3.63) is 21.9 Å². The quantitative estimate of drug-likeness (QED) is 0.864. The van der Waals surface area contributed by atoms with Crippen LogP contribution in [0.2, 0.25) is 0 Å². The number of alkyl halides is 3. The highest BCUT2D eigenvalue weighted by Crippen LogP contribution is 2.23. The largest absolute Gasteiger partial charge is 0.415 e. The van der Waals surface area contributed by atoms with E-state index in [1.807, 2.05) is 19.1 Å². The molecule has 2 unspecified atom stereocenters. The Morgan fingerprint density at radius 3 is 2.50 bits per heavy atom. The van der Waals surface area contributed by atoms with Gasteiger partial charge in [-0.3, -0.25) is 0 Å². The van der Waals surface area contributed by atoms with Gasteiger partial charge < -0.3 is 10.4 Å². The molecule has 0 amide bonds. The molecule has 92 valence electrons. The molecule has 0 aliphatic carbocycles. The third kappa shape index (κ3) is 3.77. The Morgan fingerprint density at radius 2 is 2.06 bits per heavy atom. The van der Waals surface area contributed by atoms with Crippen LogP contribution < -0.4 is 5.32 Å². The summed E-state index contributed by atoms with van der Waals surface area (Å²) in [6, 6.07) is 3.60.